The van der Waals surface area contributed by atoms with E-state index in [2.05, 4.69) is 31.0 Å². The summed E-state index contributed by atoms with van der Waals surface area (Å²) >= 11 is 0. The van der Waals surface area contributed by atoms with Crippen molar-refractivity contribution in [3.63, 3.8) is 0 Å². The van der Waals surface area contributed by atoms with Crippen molar-refractivity contribution < 1.29 is 4.57 Å². The molecule has 0 aliphatic heterocycles. The van der Waals surface area contributed by atoms with E-state index in [1.54, 1.807) is 0 Å². The van der Waals surface area contributed by atoms with Gasteiger partial charge in [0.25, 0.3) is 0 Å². The second-order valence-electron chi connectivity index (χ2n) is 5.59. The SMILES string of the molecule is Cc1cnc2ccc(C(C)C)c(P(C)(C)=O)c2c1. The van der Waals surface area contributed by atoms with Gasteiger partial charge in [-0.3, -0.25) is 4.98 Å². The number of fused-ring (bicyclic) bond motifs is 1. The van der Waals surface area contributed by atoms with E-state index in [0.29, 0.717) is 5.92 Å². The van der Waals surface area contributed by atoms with Crippen LogP contribution >= 0.6 is 7.14 Å². The van der Waals surface area contributed by atoms with Gasteiger partial charge in [-0.2, -0.15) is 0 Å². The van der Waals surface area contributed by atoms with Gasteiger partial charge in [-0.15, -0.1) is 0 Å². The lowest BCUT2D eigenvalue weighted by atomic mass is 10.0. The molecule has 1 aromatic heterocycles. The summed E-state index contributed by atoms with van der Waals surface area (Å²) in [5.41, 5.74) is 3.23. The highest BCUT2D eigenvalue weighted by Gasteiger charge is 2.21. The van der Waals surface area contributed by atoms with Crippen molar-refractivity contribution in [2.24, 2.45) is 0 Å². The molecule has 0 saturated heterocycles. The molecule has 96 valence electrons. The maximum Gasteiger partial charge on any atom is 0.110 e. The molecule has 0 N–H and O–H groups in total. The van der Waals surface area contributed by atoms with Crippen LogP contribution in [0.4, 0.5) is 0 Å². The lowest BCUT2D eigenvalue weighted by Gasteiger charge is -2.19. The maximum atomic E-state index is 12.6. The Bertz CT molecular complexity index is 640. The summed E-state index contributed by atoms with van der Waals surface area (Å²) in [6.07, 6.45) is 1.86. The minimum atomic E-state index is -2.31. The third-order valence-electron chi connectivity index (χ3n) is 3.17. The molecule has 1 aromatic carbocycles. The first kappa shape index (κ1) is 13.3. The maximum absolute atomic E-state index is 12.6. The predicted molar refractivity (Wildman–Crippen MR) is 79.7 cm³/mol. The van der Waals surface area contributed by atoms with Crippen LogP contribution in [0.1, 0.15) is 30.9 Å². The molecule has 0 spiro atoms. The molecule has 0 saturated carbocycles. The van der Waals surface area contributed by atoms with Crippen molar-refractivity contribution in [1.29, 1.82) is 0 Å². The number of pyridine rings is 1. The number of aryl methyl sites for hydroxylation is 1. The molecule has 0 amide bonds. The van der Waals surface area contributed by atoms with Crippen molar-refractivity contribution in [3.05, 3.63) is 35.5 Å². The van der Waals surface area contributed by atoms with Gasteiger partial charge in [-0.1, -0.05) is 19.9 Å². The minimum absolute atomic E-state index is 0.373. The zero-order valence-corrected chi connectivity index (χ0v) is 12.6. The van der Waals surface area contributed by atoms with E-state index < -0.39 is 7.14 Å². The molecular formula is C15H20NOP. The van der Waals surface area contributed by atoms with Crippen LogP contribution in [0, 0.1) is 6.92 Å². The van der Waals surface area contributed by atoms with Crippen molar-refractivity contribution in [1.82, 2.24) is 4.98 Å². The Morgan fingerprint density at radius 2 is 1.89 bits per heavy atom. The standard InChI is InChI=1S/C15H20NOP/c1-10(2)12-6-7-14-13(8-11(3)9-16-14)15(12)18(4,5)17/h6-10H,1-5H3. The topological polar surface area (TPSA) is 30.0 Å². The fourth-order valence-electron chi connectivity index (χ4n) is 2.37. The highest BCUT2D eigenvalue weighted by Crippen LogP contribution is 2.40. The van der Waals surface area contributed by atoms with Crippen LogP contribution in [0.15, 0.2) is 24.4 Å². The van der Waals surface area contributed by atoms with Crippen LogP contribution < -0.4 is 5.30 Å². The average molecular weight is 261 g/mol. The first-order valence-corrected chi connectivity index (χ1v) is 8.85. The zero-order valence-electron chi connectivity index (χ0n) is 11.7. The molecule has 0 radical (unpaired) electrons. The van der Waals surface area contributed by atoms with Gasteiger partial charge in [0.15, 0.2) is 0 Å². The van der Waals surface area contributed by atoms with Crippen molar-refractivity contribution in [2.75, 3.05) is 13.3 Å². The summed E-state index contributed by atoms with van der Waals surface area (Å²) in [6.45, 7) is 9.99. The van der Waals surface area contributed by atoms with E-state index in [1.807, 2.05) is 32.5 Å². The van der Waals surface area contributed by atoms with E-state index in [0.717, 1.165) is 21.8 Å². The molecule has 0 aliphatic carbocycles. The first-order chi connectivity index (χ1) is 8.30. The lowest BCUT2D eigenvalue weighted by Crippen LogP contribution is -2.13. The summed E-state index contributed by atoms with van der Waals surface area (Å²) in [5, 5.41) is 2.06. The first-order valence-electron chi connectivity index (χ1n) is 6.25. The van der Waals surface area contributed by atoms with Crippen LogP contribution in [-0.2, 0) is 4.57 Å². The molecule has 2 aromatic rings. The second-order valence-corrected chi connectivity index (χ2v) is 8.74. The molecule has 0 atom stereocenters. The number of rotatable bonds is 2. The largest absolute Gasteiger partial charge is 0.319 e. The van der Waals surface area contributed by atoms with Crippen LogP contribution in [0.5, 0.6) is 0 Å². The van der Waals surface area contributed by atoms with Crippen LogP contribution in [0.25, 0.3) is 10.9 Å². The van der Waals surface area contributed by atoms with Gasteiger partial charge < -0.3 is 4.57 Å². The van der Waals surface area contributed by atoms with Gasteiger partial charge in [-0.05, 0) is 49.4 Å². The highest BCUT2D eigenvalue weighted by atomic mass is 31.2. The fraction of sp³-hybridized carbons (Fsp3) is 0.400. The van der Waals surface area contributed by atoms with Gasteiger partial charge in [0.2, 0.25) is 0 Å². The molecule has 0 unspecified atom stereocenters. The molecule has 0 bridgehead atoms. The van der Waals surface area contributed by atoms with Crippen LogP contribution in [0.2, 0.25) is 0 Å². The van der Waals surface area contributed by atoms with Gasteiger partial charge in [-0.25, -0.2) is 0 Å². The number of hydrogen-bond acceptors (Lipinski definition) is 2. The summed E-state index contributed by atoms with van der Waals surface area (Å²) in [6, 6.07) is 6.21. The van der Waals surface area contributed by atoms with Gasteiger partial charge in [0.05, 0.1) is 5.52 Å². The monoisotopic (exact) mass is 261 g/mol. The molecule has 1 heterocycles. The predicted octanol–water partition coefficient (Wildman–Crippen LogP) is 3.91. The van der Waals surface area contributed by atoms with E-state index >= 15 is 0 Å². The number of hydrogen-bond donors (Lipinski definition) is 0. The van der Waals surface area contributed by atoms with Crippen molar-refractivity contribution >= 4 is 23.3 Å². The molecular weight excluding hydrogens is 241 g/mol. The van der Waals surface area contributed by atoms with Gasteiger partial charge >= 0.3 is 0 Å². The second kappa shape index (κ2) is 4.51. The summed E-state index contributed by atoms with van der Waals surface area (Å²) < 4.78 is 12.6. The molecule has 3 heteroatoms. The van der Waals surface area contributed by atoms with Crippen molar-refractivity contribution in [3.8, 4) is 0 Å². The third-order valence-corrected chi connectivity index (χ3v) is 4.74. The van der Waals surface area contributed by atoms with E-state index in [9.17, 15) is 4.57 Å². The lowest BCUT2D eigenvalue weighted by molar-refractivity contribution is 0.588. The molecule has 0 aliphatic rings. The van der Waals surface area contributed by atoms with E-state index in [-0.39, 0.29) is 0 Å². The number of aromatic nitrogens is 1. The van der Waals surface area contributed by atoms with Crippen LogP contribution in [-0.4, -0.2) is 18.3 Å². The third kappa shape index (κ3) is 2.35. The average Bonchev–Trinajstić information content (AvgIpc) is 2.25. The Kier molecular flexibility index (Phi) is 3.33. The Balaban J connectivity index is 2.93. The van der Waals surface area contributed by atoms with Gasteiger partial charge in [0.1, 0.15) is 7.14 Å². The Labute approximate surface area is 109 Å². The smallest absolute Gasteiger partial charge is 0.110 e. The number of benzene rings is 1. The Morgan fingerprint density at radius 3 is 2.44 bits per heavy atom. The number of nitrogens with zero attached hydrogens (tertiary/aromatic N) is 1. The minimum Gasteiger partial charge on any atom is -0.319 e. The van der Waals surface area contributed by atoms with E-state index in [4.69, 9.17) is 0 Å². The van der Waals surface area contributed by atoms with Crippen molar-refractivity contribution in [2.45, 2.75) is 26.7 Å². The van der Waals surface area contributed by atoms with Crippen LogP contribution in [0.3, 0.4) is 0 Å². The van der Waals surface area contributed by atoms with Gasteiger partial charge in [0, 0.05) is 16.9 Å². The Morgan fingerprint density at radius 1 is 1.22 bits per heavy atom. The summed E-state index contributed by atoms with van der Waals surface area (Å²) in [4.78, 5) is 4.43. The summed E-state index contributed by atoms with van der Waals surface area (Å²) in [7, 11) is -2.31. The molecule has 18 heavy (non-hydrogen) atoms. The Hall–Kier alpha value is -1.14. The molecule has 0 fully saturated rings. The van der Waals surface area contributed by atoms with E-state index in [1.165, 1.54) is 5.56 Å². The molecule has 2 nitrogen and oxygen atoms in total. The normalized spacial score (nSPS) is 12.3. The zero-order chi connectivity index (χ0) is 13.5. The summed E-state index contributed by atoms with van der Waals surface area (Å²) in [5.74, 6) is 0.373. The fourth-order valence-corrected chi connectivity index (χ4v) is 4.09. The highest BCUT2D eigenvalue weighted by molar-refractivity contribution is 7.70. The molecule has 2 rings (SSSR count). The quantitative estimate of drug-likeness (QED) is 0.767.